The fourth-order valence-corrected chi connectivity index (χ4v) is 4.38. The first-order chi connectivity index (χ1) is 12.5. The zero-order valence-electron chi connectivity index (χ0n) is 14.7. The molecule has 0 amide bonds. The van der Waals surface area contributed by atoms with Crippen LogP contribution in [0.5, 0.6) is 5.75 Å². The van der Waals surface area contributed by atoms with E-state index in [1.54, 1.807) is 7.11 Å². The van der Waals surface area contributed by atoms with Gasteiger partial charge in [0.15, 0.2) is 0 Å². The summed E-state index contributed by atoms with van der Waals surface area (Å²) < 4.78 is 46.7. The van der Waals surface area contributed by atoms with Crippen molar-refractivity contribution < 1.29 is 17.5 Å². The van der Waals surface area contributed by atoms with Crippen LogP contribution in [0.1, 0.15) is 24.4 Å². The molecule has 5 nitrogen and oxygen atoms in total. The predicted octanol–water partition coefficient (Wildman–Crippen LogP) is 2.95. The van der Waals surface area contributed by atoms with Gasteiger partial charge in [-0.25, -0.2) is 17.5 Å². The van der Waals surface area contributed by atoms with Gasteiger partial charge in [-0.2, -0.15) is 0 Å². The summed E-state index contributed by atoms with van der Waals surface area (Å²) in [4.78, 5) is 1.93. The zero-order chi connectivity index (χ0) is 18.6. The van der Waals surface area contributed by atoms with Crippen LogP contribution in [0.2, 0.25) is 0 Å². The number of hydrogen-bond donors (Lipinski definition) is 1. The molecule has 26 heavy (non-hydrogen) atoms. The van der Waals surface area contributed by atoms with Crippen molar-refractivity contribution in [3.63, 3.8) is 0 Å². The molecule has 1 saturated heterocycles. The monoisotopic (exact) mass is 378 g/mol. The minimum atomic E-state index is -3.91. The normalized spacial score (nSPS) is 16.5. The molecular weight excluding hydrogens is 355 g/mol. The van der Waals surface area contributed by atoms with Crippen molar-refractivity contribution in [1.29, 1.82) is 0 Å². The molecular formula is C19H23FN2O3S. The number of nitrogens with one attached hydrogen (secondary N) is 1. The van der Waals surface area contributed by atoms with E-state index in [4.69, 9.17) is 4.74 Å². The smallest absolute Gasteiger partial charge is 0.243 e. The molecule has 7 heteroatoms. The Hall–Kier alpha value is -1.96. The van der Waals surface area contributed by atoms with Crippen LogP contribution in [0, 0.1) is 5.82 Å². The van der Waals surface area contributed by atoms with Gasteiger partial charge < -0.3 is 4.74 Å². The number of likely N-dealkylation sites (tertiary alicyclic amines) is 1. The Kier molecular flexibility index (Phi) is 5.90. The molecule has 2 aromatic rings. The van der Waals surface area contributed by atoms with E-state index in [-0.39, 0.29) is 17.5 Å². The second kappa shape index (κ2) is 8.16. The van der Waals surface area contributed by atoms with Crippen LogP contribution in [0.25, 0.3) is 0 Å². The summed E-state index contributed by atoms with van der Waals surface area (Å²) in [5.74, 6) is 0.00280. The fraction of sp³-hybridized carbons (Fsp3) is 0.368. The van der Waals surface area contributed by atoms with Gasteiger partial charge in [-0.3, -0.25) is 4.90 Å². The summed E-state index contributed by atoms with van der Waals surface area (Å²) in [6.07, 6.45) is 2.18. The number of halogens is 1. The Bertz CT molecular complexity index is 834. The molecule has 0 bridgehead atoms. The second-order valence-electron chi connectivity index (χ2n) is 6.31. The molecule has 0 saturated carbocycles. The van der Waals surface area contributed by atoms with Crippen molar-refractivity contribution >= 4 is 10.0 Å². The van der Waals surface area contributed by atoms with E-state index in [0.717, 1.165) is 43.3 Å². The lowest BCUT2D eigenvalue weighted by atomic mass is 10.1. The van der Waals surface area contributed by atoms with Crippen LogP contribution < -0.4 is 9.46 Å². The van der Waals surface area contributed by atoms with E-state index >= 15 is 0 Å². The Balaban J connectivity index is 1.80. The maximum absolute atomic E-state index is 13.9. The lowest BCUT2D eigenvalue weighted by molar-refractivity contribution is 0.246. The van der Waals surface area contributed by atoms with Gasteiger partial charge in [-0.05, 0) is 55.8 Å². The summed E-state index contributed by atoms with van der Waals surface area (Å²) in [6.45, 7) is 2.01. The average Bonchev–Trinajstić information content (AvgIpc) is 3.17. The van der Waals surface area contributed by atoms with Crippen LogP contribution in [-0.2, 0) is 10.0 Å². The van der Waals surface area contributed by atoms with Crippen LogP contribution in [0.4, 0.5) is 4.39 Å². The molecule has 0 radical (unpaired) electrons. The van der Waals surface area contributed by atoms with Crippen LogP contribution in [-0.4, -0.2) is 40.1 Å². The van der Waals surface area contributed by atoms with Crippen LogP contribution in [0.3, 0.4) is 0 Å². The average molecular weight is 378 g/mol. The summed E-state index contributed by atoms with van der Waals surface area (Å²) in [6, 6.07) is 12.9. The highest BCUT2D eigenvalue weighted by atomic mass is 32.2. The Labute approximate surface area is 153 Å². The number of nitrogens with zero attached hydrogens (tertiary/aromatic N) is 1. The van der Waals surface area contributed by atoms with Gasteiger partial charge in [0.1, 0.15) is 16.5 Å². The maximum Gasteiger partial charge on any atom is 0.243 e. The minimum absolute atomic E-state index is 0.107. The molecule has 1 aliphatic heterocycles. The standard InChI is InChI=1S/C19H23FN2O3S/c1-25-16-10-8-15(9-11-16)18(22-12-4-5-13-22)14-21-26(23,24)19-7-3-2-6-17(19)20/h2-3,6-11,18,21H,4-5,12-14H2,1H3. The first-order valence-corrected chi connectivity index (χ1v) is 10.1. The Morgan fingerprint density at radius 2 is 1.77 bits per heavy atom. The summed E-state index contributed by atoms with van der Waals surface area (Å²) in [5.41, 5.74) is 1.00. The van der Waals surface area contributed by atoms with Crippen molar-refractivity contribution in [3.8, 4) is 5.75 Å². The first-order valence-electron chi connectivity index (χ1n) is 8.63. The van der Waals surface area contributed by atoms with Crippen molar-refractivity contribution in [2.24, 2.45) is 0 Å². The molecule has 1 fully saturated rings. The van der Waals surface area contributed by atoms with Gasteiger partial charge in [0, 0.05) is 12.6 Å². The molecule has 1 unspecified atom stereocenters. The first kappa shape index (κ1) is 18.8. The zero-order valence-corrected chi connectivity index (χ0v) is 15.5. The molecule has 3 rings (SSSR count). The van der Waals surface area contributed by atoms with Crippen molar-refractivity contribution in [2.45, 2.75) is 23.8 Å². The molecule has 1 aliphatic rings. The van der Waals surface area contributed by atoms with Gasteiger partial charge in [0.2, 0.25) is 10.0 Å². The van der Waals surface area contributed by atoms with Gasteiger partial charge in [0.25, 0.3) is 0 Å². The fourth-order valence-electron chi connectivity index (χ4n) is 3.27. The number of rotatable bonds is 7. The number of benzene rings is 2. The second-order valence-corrected chi connectivity index (χ2v) is 8.05. The maximum atomic E-state index is 13.9. The summed E-state index contributed by atoms with van der Waals surface area (Å²) >= 11 is 0. The molecule has 0 aromatic heterocycles. The highest BCUT2D eigenvalue weighted by molar-refractivity contribution is 7.89. The van der Waals surface area contributed by atoms with E-state index in [0.29, 0.717) is 0 Å². The van der Waals surface area contributed by atoms with Gasteiger partial charge in [0.05, 0.1) is 7.11 Å². The Morgan fingerprint density at radius 3 is 2.38 bits per heavy atom. The molecule has 140 valence electrons. The van der Waals surface area contributed by atoms with E-state index in [1.165, 1.54) is 18.2 Å². The molecule has 1 N–H and O–H groups in total. The van der Waals surface area contributed by atoms with Crippen molar-refractivity contribution in [1.82, 2.24) is 9.62 Å². The van der Waals surface area contributed by atoms with Crippen LogP contribution in [0.15, 0.2) is 53.4 Å². The van der Waals surface area contributed by atoms with Crippen molar-refractivity contribution in [2.75, 3.05) is 26.7 Å². The van der Waals surface area contributed by atoms with Crippen LogP contribution >= 0.6 is 0 Å². The third kappa shape index (κ3) is 4.23. The molecule has 0 aliphatic carbocycles. The highest BCUT2D eigenvalue weighted by Gasteiger charge is 2.26. The number of ether oxygens (including phenoxy) is 1. The summed E-state index contributed by atoms with van der Waals surface area (Å²) in [5, 5.41) is 0. The summed E-state index contributed by atoms with van der Waals surface area (Å²) in [7, 11) is -2.31. The highest BCUT2D eigenvalue weighted by Crippen LogP contribution is 2.27. The van der Waals surface area contributed by atoms with E-state index in [2.05, 4.69) is 9.62 Å². The lowest BCUT2D eigenvalue weighted by Gasteiger charge is -2.28. The topological polar surface area (TPSA) is 58.6 Å². The van der Waals surface area contributed by atoms with Gasteiger partial charge >= 0.3 is 0 Å². The molecule has 1 atom stereocenters. The van der Waals surface area contributed by atoms with Gasteiger partial charge in [-0.15, -0.1) is 0 Å². The van der Waals surface area contributed by atoms with E-state index in [9.17, 15) is 12.8 Å². The largest absolute Gasteiger partial charge is 0.497 e. The minimum Gasteiger partial charge on any atom is -0.497 e. The number of hydrogen-bond acceptors (Lipinski definition) is 4. The lowest BCUT2D eigenvalue weighted by Crippen LogP contribution is -2.37. The quantitative estimate of drug-likeness (QED) is 0.805. The molecule has 2 aromatic carbocycles. The predicted molar refractivity (Wildman–Crippen MR) is 98.1 cm³/mol. The van der Waals surface area contributed by atoms with E-state index in [1.807, 2.05) is 24.3 Å². The number of sulfonamides is 1. The molecule has 1 heterocycles. The third-order valence-corrected chi connectivity index (χ3v) is 6.13. The molecule has 0 spiro atoms. The third-order valence-electron chi connectivity index (χ3n) is 4.67. The van der Waals surface area contributed by atoms with Crippen molar-refractivity contribution in [3.05, 3.63) is 59.9 Å². The van der Waals surface area contributed by atoms with Gasteiger partial charge in [-0.1, -0.05) is 24.3 Å². The SMILES string of the molecule is COc1ccc(C(CNS(=O)(=O)c2ccccc2F)N2CCCC2)cc1. The Morgan fingerprint density at radius 1 is 1.12 bits per heavy atom. The number of methoxy groups -OCH3 is 1. The van der Waals surface area contributed by atoms with E-state index < -0.39 is 15.8 Å².